The van der Waals surface area contributed by atoms with E-state index in [1.165, 1.54) is 19.2 Å². The van der Waals surface area contributed by atoms with E-state index in [0.717, 1.165) is 17.7 Å². The minimum atomic E-state index is -4.12. The third-order valence-electron chi connectivity index (χ3n) is 4.50. The fourth-order valence-corrected chi connectivity index (χ4v) is 3.95. The minimum Gasteiger partial charge on any atom is -0.545 e. The number of methoxy groups -OCH3 is 1. The molecule has 0 atom stereocenters. The Kier molecular flexibility index (Phi) is 7.41. The SMILES string of the molecule is COc1ccccc1Oc1c(NS(=O)(=O)c2ccc(C)cc2)cc(C(=O)[O-])cc1OCCO. The summed E-state index contributed by atoms with van der Waals surface area (Å²) >= 11 is 0. The topological polar surface area (TPSA) is 134 Å². The lowest BCUT2D eigenvalue weighted by molar-refractivity contribution is -0.255. The van der Waals surface area contributed by atoms with Crippen molar-refractivity contribution in [2.45, 2.75) is 11.8 Å². The number of hydrogen-bond acceptors (Lipinski definition) is 8. The average molecular weight is 472 g/mol. The highest BCUT2D eigenvalue weighted by molar-refractivity contribution is 7.92. The third-order valence-corrected chi connectivity index (χ3v) is 5.88. The summed E-state index contributed by atoms with van der Waals surface area (Å²) in [5.74, 6) is -1.21. The van der Waals surface area contributed by atoms with Gasteiger partial charge in [-0.1, -0.05) is 29.8 Å². The molecule has 0 spiro atoms. The van der Waals surface area contributed by atoms with Crippen molar-refractivity contribution in [3.8, 4) is 23.0 Å². The Labute approximate surface area is 191 Å². The molecule has 0 heterocycles. The lowest BCUT2D eigenvalue weighted by Crippen LogP contribution is -2.23. The Morgan fingerprint density at radius 3 is 2.30 bits per heavy atom. The van der Waals surface area contributed by atoms with Crippen molar-refractivity contribution >= 4 is 21.7 Å². The number of hydrogen-bond donors (Lipinski definition) is 2. The van der Waals surface area contributed by atoms with Gasteiger partial charge in [0.1, 0.15) is 6.61 Å². The van der Waals surface area contributed by atoms with Crippen molar-refractivity contribution in [3.05, 3.63) is 71.8 Å². The average Bonchev–Trinajstić information content (AvgIpc) is 2.79. The normalized spacial score (nSPS) is 11.0. The molecule has 2 N–H and O–H groups in total. The van der Waals surface area contributed by atoms with Crippen molar-refractivity contribution in [2.24, 2.45) is 0 Å². The van der Waals surface area contributed by atoms with Gasteiger partial charge in [0.05, 0.1) is 30.3 Å². The summed E-state index contributed by atoms with van der Waals surface area (Å²) in [5.41, 5.74) is 0.320. The van der Waals surface area contributed by atoms with Crippen LogP contribution in [-0.2, 0) is 10.0 Å². The van der Waals surface area contributed by atoms with Gasteiger partial charge in [0, 0.05) is 5.56 Å². The zero-order chi connectivity index (χ0) is 24.0. The summed E-state index contributed by atoms with van der Waals surface area (Å²) in [6.07, 6.45) is 0. The molecule has 10 heteroatoms. The maximum absolute atomic E-state index is 13.0. The summed E-state index contributed by atoms with van der Waals surface area (Å²) < 4.78 is 45.0. The third kappa shape index (κ3) is 5.73. The van der Waals surface area contributed by atoms with Crippen molar-refractivity contribution in [3.63, 3.8) is 0 Å². The number of ether oxygens (including phenoxy) is 3. The number of aliphatic hydroxyl groups is 1. The number of carbonyl (C=O) groups is 1. The molecule has 3 rings (SSSR count). The predicted molar refractivity (Wildman–Crippen MR) is 118 cm³/mol. The maximum Gasteiger partial charge on any atom is 0.262 e. The molecule has 174 valence electrons. The minimum absolute atomic E-state index is 0.0342. The summed E-state index contributed by atoms with van der Waals surface area (Å²) in [7, 11) is -2.68. The lowest BCUT2D eigenvalue weighted by atomic mass is 10.1. The van der Waals surface area contributed by atoms with Crippen molar-refractivity contribution < 1.29 is 37.6 Å². The molecule has 0 aliphatic heterocycles. The van der Waals surface area contributed by atoms with Crippen LogP contribution in [0.1, 0.15) is 15.9 Å². The number of aromatic carboxylic acids is 1. The molecule has 0 saturated heterocycles. The largest absolute Gasteiger partial charge is 0.545 e. The second-order valence-corrected chi connectivity index (χ2v) is 8.56. The number of nitrogens with one attached hydrogen (secondary N) is 1. The smallest absolute Gasteiger partial charge is 0.262 e. The van der Waals surface area contributed by atoms with Crippen LogP contribution in [0.15, 0.2) is 65.6 Å². The standard InChI is InChI=1S/C23H23NO8S/c1-15-7-9-17(10-8-15)33(28,29)24-18-13-16(23(26)27)14-21(31-12-11-25)22(18)32-20-6-4-3-5-19(20)30-2/h3-10,13-14,24-25H,11-12H2,1-2H3,(H,26,27)/p-1. The van der Waals surface area contributed by atoms with Crippen LogP contribution >= 0.6 is 0 Å². The molecule has 0 amide bonds. The Morgan fingerprint density at radius 2 is 1.70 bits per heavy atom. The second kappa shape index (κ2) is 10.2. The highest BCUT2D eigenvalue weighted by Crippen LogP contribution is 2.43. The maximum atomic E-state index is 13.0. The van der Waals surface area contributed by atoms with Gasteiger partial charge >= 0.3 is 0 Å². The molecule has 0 aliphatic rings. The quantitative estimate of drug-likeness (QED) is 0.459. The first kappa shape index (κ1) is 23.9. The molecular weight excluding hydrogens is 450 g/mol. The number of anilines is 1. The number of carbonyl (C=O) groups excluding carboxylic acids is 1. The van der Waals surface area contributed by atoms with E-state index in [1.54, 1.807) is 36.4 Å². The number of aliphatic hydroxyl groups excluding tert-OH is 1. The van der Waals surface area contributed by atoms with E-state index in [4.69, 9.17) is 19.3 Å². The van der Waals surface area contributed by atoms with E-state index in [1.807, 2.05) is 6.92 Å². The molecule has 9 nitrogen and oxygen atoms in total. The molecule has 0 unspecified atom stereocenters. The van der Waals surface area contributed by atoms with Crippen LogP contribution < -0.4 is 24.0 Å². The second-order valence-electron chi connectivity index (χ2n) is 6.88. The molecule has 0 saturated carbocycles. The number of aryl methyl sites for hydroxylation is 1. The first-order chi connectivity index (χ1) is 15.7. The van der Waals surface area contributed by atoms with Crippen LogP contribution in [0.4, 0.5) is 5.69 Å². The van der Waals surface area contributed by atoms with Crippen LogP contribution in [0.3, 0.4) is 0 Å². The fraction of sp³-hybridized carbons (Fsp3) is 0.174. The first-order valence-corrected chi connectivity index (χ1v) is 11.3. The van der Waals surface area contributed by atoms with Crippen LogP contribution in [0, 0.1) is 6.92 Å². The molecule has 0 aliphatic carbocycles. The van der Waals surface area contributed by atoms with E-state index in [0.29, 0.717) is 5.75 Å². The van der Waals surface area contributed by atoms with Crippen molar-refractivity contribution in [2.75, 3.05) is 25.0 Å². The van der Waals surface area contributed by atoms with Crippen LogP contribution in [0.25, 0.3) is 0 Å². The lowest BCUT2D eigenvalue weighted by Gasteiger charge is -2.20. The number of carboxylic acids is 1. The van der Waals surface area contributed by atoms with Crippen molar-refractivity contribution in [1.82, 2.24) is 0 Å². The van der Waals surface area contributed by atoms with Gasteiger partial charge in [-0.3, -0.25) is 4.72 Å². The zero-order valence-corrected chi connectivity index (χ0v) is 18.7. The number of rotatable bonds is 10. The summed E-state index contributed by atoms with van der Waals surface area (Å²) in [6.45, 7) is 1.26. The van der Waals surface area contributed by atoms with Gasteiger partial charge in [-0.25, -0.2) is 8.42 Å². The Bertz CT molecular complexity index is 1240. The van der Waals surface area contributed by atoms with Crippen LogP contribution in [0.2, 0.25) is 0 Å². The first-order valence-electron chi connectivity index (χ1n) is 9.78. The zero-order valence-electron chi connectivity index (χ0n) is 17.9. The highest BCUT2D eigenvalue weighted by Gasteiger charge is 2.22. The van der Waals surface area contributed by atoms with E-state index < -0.39 is 16.0 Å². The monoisotopic (exact) mass is 472 g/mol. The van der Waals surface area contributed by atoms with Gasteiger partial charge in [-0.05, 0) is 43.3 Å². The molecule has 0 fully saturated rings. The number of carboxylic acid groups (broad SMARTS) is 1. The molecule has 0 radical (unpaired) electrons. The van der Waals surface area contributed by atoms with E-state index >= 15 is 0 Å². The Balaban J connectivity index is 2.15. The Hall–Kier alpha value is -3.76. The highest BCUT2D eigenvalue weighted by atomic mass is 32.2. The van der Waals surface area contributed by atoms with Gasteiger partial charge in [-0.15, -0.1) is 0 Å². The molecule has 33 heavy (non-hydrogen) atoms. The van der Waals surface area contributed by atoms with Crippen molar-refractivity contribution in [1.29, 1.82) is 0 Å². The molecule has 3 aromatic rings. The molecule has 0 bridgehead atoms. The van der Waals surface area contributed by atoms with Gasteiger partial charge in [0.25, 0.3) is 10.0 Å². The van der Waals surface area contributed by atoms with Gasteiger partial charge in [0.15, 0.2) is 23.0 Å². The van der Waals surface area contributed by atoms with E-state index in [2.05, 4.69) is 4.72 Å². The van der Waals surface area contributed by atoms with E-state index in [-0.39, 0.29) is 46.6 Å². The number of benzene rings is 3. The summed E-state index contributed by atoms with van der Waals surface area (Å²) in [6, 6.07) is 14.9. The molecule has 0 aromatic heterocycles. The van der Waals surface area contributed by atoms with Crippen LogP contribution in [0.5, 0.6) is 23.0 Å². The summed E-state index contributed by atoms with van der Waals surface area (Å²) in [5, 5.41) is 20.7. The fourth-order valence-electron chi connectivity index (χ4n) is 2.90. The molecular formula is C23H22NO8S-. The van der Waals surface area contributed by atoms with E-state index in [9.17, 15) is 18.3 Å². The van der Waals surface area contributed by atoms with Gasteiger partial charge in [0.2, 0.25) is 0 Å². The molecule has 3 aromatic carbocycles. The van der Waals surface area contributed by atoms with Crippen LogP contribution in [-0.4, -0.2) is 39.8 Å². The number of sulfonamides is 1. The number of para-hydroxylation sites is 2. The van der Waals surface area contributed by atoms with Gasteiger partial charge < -0.3 is 29.2 Å². The predicted octanol–water partition coefficient (Wildman–Crippen LogP) is 2.33. The Morgan fingerprint density at radius 1 is 1.03 bits per heavy atom. The summed E-state index contributed by atoms with van der Waals surface area (Å²) in [4.78, 5) is 11.5. The van der Waals surface area contributed by atoms with Gasteiger partial charge in [-0.2, -0.15) is 0 Å².